The normalized spacial score (nSPS) is 19.2. The maximum absolute atomic E-state index is 12.4. The van der Waals surface area contributed by atoms with Gasteiger partial charge >= 0.3 is 6.03 Å². The van der Waals surface area contributed by atoms with Gasteiger partial charge in [0.2, 0.25) is 0 Å². The van der Waals surface area contributed by atoms with E-state index in [0.29, 0.717) is 0 Å². The molecule has 2 aromatic heterocycles. The van der Waals surface area contributed by atoms with Gasteiger partial charge in [-0.25, -0.2) is 14.8 Å². The maximum atomic E-state index is 12.4. The van der Waals surface area contributed by atoms with Crippen LogP contribution in [0.2, 0.25) is 0 Å². The van der Waals surface area contributed by atoms with E-state index in [1.165, 1.54) is 33.5 Å². The number of unbranched alkanes of at least 4 members (excludes halogenated alkanes) is 1. The first-order chi connectivity index (χ1) is 14.6. The molecule has 1 aliphatic carbocycles. The fourth-order valence-electron chi connectivity index (χ4n) is 4.54. The molecule has 1 fully saturated rings. The summed E-state index contributed by atoms with van der Waals surface area (Å²) in [5.74, 6) is 2.83. The molecule has 6 nitrogen and oxygen atoms in total. The van der Waals surface area contributed by atoms with Gasteiger partial charge in [0, 0.05) is 44.0 Å². The highest BCUT2D eigenvalue weighted by molar-refractivity contribution is 7.19. The molecule has 2 aromatic rings. The zero-order valence-electron chi connectivity index (χ0n) is 18.7. The number of amides is 2. The standard InChI is InChI=1S/C23H35N5OS/c1-4-6-10-24-23(29)28-13-11-27(12-14-28)21-20-17-9-8-16(3)15-18(17)30-22(20)26-19(25-21)7-5-2/h16H,4-15H2,1-3H3,(H,24,29)/t16-/m1/s1. The predicted octanol–water partition coefficient (Wildman–Crippen LogP) is 4.40. The Morgan fingerprint density at radius 1 is 1.17 bits per heavy atom. The summed E-state index contributed by atoms with van der Waals surface area (Å²) in [4.78, 5) is 29.4. The van der Waals surface area contributed by atoms with E-state index < -0.39 is 0 Å². The van der Waals surface area contributed by atoms with E-state index in [9.17, 15) is 4.79 Å². The van der Waals surface area contributed by atoms with Crippen molar-refractivity contribution in [2.24, 2.45) is 5.92 Å². The van der Waals surface area contributed by atoms with Crippen molar-refractivity contribution in [1.82, 2.24) is 20.2 Å². The van der Waals surface area contributed by atoms with Crippen LogP contribution in [-0.2, 0) is 19.3 Å². The lowest BCUT2D eigenvalue weighted by molar-refractivity contribution is 0.194. The minimum absolute atomic E-state index is 0.0736. The first-order valence-corrected chi connectivity index (χ1v) is 12.5. The van der Waals surface area contributed by atoms with Gasteiger partial charge < -0.3 is 15.1 Å². The summed E-state index contributed by atoms with van der Waals surface area (Å²) in [6.07, 6.45) is 7.67. The van der Waals surface area contributed by atoms with Crippen molar-refractivity contribution in [1.29, 1.82) is 0 Å². The largest absolute Gasteiger partial charge is 0.352 e. The highest BCUT2D eigenvalue weighted by atomic mass is 32.1. The average molecular weight is 430 g/mol. The van der Waals surface area contributed by atoms with Crippen LogP contribution in [0, 0.1) is 5.92 Å². The van der Waals surface area contributed by atoms with Gasteiger partial charge in [0.15, 0.2) is 0 Å². The Bertz CT molecular complexity index is 887. The van der Waals surface area contributed by atoms with Crippen molar-refractivity contribution in [3.05, 3.63) is 16.3 Å². The van der Waals surface area contributed by atoms with Gasteiger partial charge in [-0.1, -0.05) is 27.2 Å². The molecule has 0 saturated carbocycles. The molecule has 0 spiro atoms. The minimum Gasteiger partial charge on any atom is -0.352 e. The third-order valence-corrected chi connectivity index (χ3v) is 7.48. The zero-order valence-corrected chi connectivity index (χ0v) is 19.5. The number of carbonyl (C=O) groups is 1. The second-order valence-electron chi connectivity index (χ2n) is 8.80. The van der Waals surface area contributed by atoms with Crippen LogP contribution in [0.15, 0.2) is 0 Å². The molecule has 1 saturated heterocycles. The number of hydrogen-bond acceptors (Lipinski definition) is 5. The zero-order chi connectivity index (χ0) is 21.1. The number of aromatic nitrogens is 2. The van der Waals surface area contributed by atoms with Crippen molar-refractivity contribution in [2.75, 3.05) is 37.6 Å². The first kappa shape index (κ1) is 21.3. The van der Waals surface area contributed by atoms with Gasteiger partial charge in [0.1, 0.15) is 16.5 Å². The fraction of sp³-hybridized carbons (Fsp3) is 0.696. The molecule has 0 bridgehead atoms. The Morgan fingerprint density at radius 2 is 1.97 bits per heavy atom. The number of piperazine rings is 1. The molecular formula is C23H35N5OS. The molecular weight excluding hydrogens is 394 g/mol. The number of urea groups is 1. The van der Waals surface area contributed by atoms with Gasteiger partial charge in [0.05, 0.1) is 5.39 Å². The topological polar surface area (TPSA) is 61.4 Å². The summed E-state index contributed by atoms with van der Waals surface area (Å²) in [5, 5.41) is 4.34. The van der Waals surface area contributed by atoms with E-state index in [-0.39, 0.29) is 6.03 Å². The van der Waals surface area contributed by atoms with E-state index in [1.54, 1.807) is 0 Å². The third kappa shape index (κ3) is 4.41. The first-order valence-electron chi connectivity index (χ1n) is 11.7. The van der Waals surface area contributed by atoms with Crippen LogP contribution < -0.4 is 10.2 Å². The Balaban J connectivity index is 1.57. The van der Waals surface area contributed by atoms with E-state index in [4.69, 9.17) is 9.97 Å². The summed E-state index contributed by atoms with van der Waals surface area (Å²) < 4.78 is 0. The molecule has 30 heavy (non-hydrogen) atoms. The molecule has 1 atom stereocenters. The van der Waals surface area contributed by atoms with Crippen LogP contribution >= 0.6 is 11.3 Å². The average Bonchev–Trinajstić information content (AvgIpc) is 3.11. The molecule has 0 unspecified atom stereocenters. The van der Waals surface area contributed by atoms with Crippen LogP contribution in [-0.4, -0.2) is 53.6 Å². The SMILES string of the molecule is CCCCNC(=O)N1CCN(c2nc(CCC)nc3sc4c(c23)CC[C@@H](C)C4)CC1. The van der Waals surface area contributed by atoms with Crippen molar-refractivity contribution in [3.8, 4) is 0 Å². The van der Waals surface area contributed by atoms with E-state index in [0.717, 1.165) is 82.4 Å². The Morgan fingerprint density at radius 3 is 2.70 bits per heavy atom. The molecule has 0 radical (unpaired) electrons. The Hall–Kier alpha value is -1.89. The van der Waals surface area contributed by atoms with Gasteiger partial charge in [-0.3, -0.25) is 0 Å². The van der Waals surface area contributed by atoms with Crippen LogP contribution in [0.1, 0.15) is 62.7 Å². The molecule has 7 heteroatoms. The van der Waals surface area contributed by atoms with E-state index >= 15 is 0 Å². The lowest BCUT2D eigenvalue weighted by Gasteiger charge is -2.36. The molecule has 1 aliphatic heterocycles. The molecule has 2 aliphatic rings. The fourth-order valence-corrected chi connectivity index (χ4v) is 5.93. The van der Waals surface area contributed by atoms with Crippen LogP contribution in [0.3, 0.4) is 0 Å². The Labute approximate surface area is 184 Å². The smallest absolute Gasteiger partial charge is 0.317 e. The lowest BCUT2D eigenvalue weighted by atomic mass is 9.89. The number of fused-ring (bicyclic) bond motifs is 3. The number of anilines is 1. The lowest BCUT2D eigenvalue weighted by Crippen LogP contribution is -2.52. The van der Waals surface area contributed by atoms with Crippen molar-refractivity contribution >= 4 is 33.4 Å². The summed E-state index contributed by atoms with van der Waals surface area (Å²) >= 11 is 1.89. The maximum Gasteiger partial charge on any atom is 0.317 e. The number of nitrogens with zero attached hydrogens (tertiary/aromatic N) is 4. The van der Waals surface area contributed by atoms with Gasteiger partial charge in [-0.05, 0) is 43.6 Å². The molecule has 0 aromatic carbocycles. The van der Waals surface area contributed by atoms with Gasteiger partial charge in [-0.2, -0.15) is 0 Å². The second kappa shape index (κ2) is 9.50. The highest BCUT2D eigenvalue weighted by Crippen LogP contribution is 2.41. The summed E-state index contributed by atoms with van der Waals surface area (Å²) in [7, 11) is 0. The van der Waals surface area contributed by atoms with Crippen LogP contribution in [0.4, 0.5) is 10.6 Å². The van der Waals surface area contributed by atoms with Crippen molar-refractivity contribution < 1.29 is 4.79 Å². The number of rotatable bonds is 6. The van der Waals surface area contributed by atoms with Gasteiger partial charge in [0.25, 0.3) is 0 Å². The number of hydrogen-bond donors (Lipinski definition) is 1. The summed E-state index contributed by atoms with van der Waals surface area (Å²) in [6.45, 7) is 10.6. The number of nitrogens with one attached hydrogen (secondary N) is 1. The van der Waals surface area contributed by atoms with Crippen LogP contribution in [0.25, 0.3) is 10.2 Å². The number of aryl methyl sites for hydroxylation is 2. The molecule has 4 rings (SSSR count). The monoisotopic (exact) mass is 429 g/mol. The van der Waals surface area contributed by atoms with Crippen LogP contribution in [0.5, 0.6) is 0 Å². The summed E-state index contributed by atoms with van der Waals surface area (Å²) in [6, 6.07) is 0.0736. The molecule has 3 heterocycles. The predicted molar refractivity (Wildman–Crippen MR) is 125 cm³/mol. The second-order valence-corrected chi connectivity index (χ2v) is 9.89. The molecule has 2 amide bonds. The molecule has 1 N–H and O–H groups in total. The minimum atomic E-state index is 0.0736. The summed E-state index contributed by atoms with van der Waals surface area (Å²) in [5.41, 5.74) is 1.49. The number of carbonyl (C=O) groups excluding carboxylic acids is 1. The van der Waals surface area contributed by atoms with Gasteiger partial charge in [-0.15, -0.1) is 11.3 Å². The Kier molecular flexibility index (Phi) is 6.76. The third-order valence-electron chi connectivity index (χ3n) is 6.33. The highest BCUT2D eigenvalue weighted by Gasteiger charge is 2.28. The quantitative estimate of drug-likeness (QED) is 0.692. The van der Waals surface area contributed by atoms with Crippen molar-refractivity contribution in [3.63, 3.8) is 0 Å². The van der Waals surface area contributed by atoms with E-state index in [2.05, 4.69) is 31.0 Å². The van der Waals surface area contributed by atoms with Crippen molar-refractivity contribution in [2.45, 2.75) is 65.7 Å². The van der Waals surface area contributed by atoms with E-state index in [1.807, 2.05) is 16.2 Å². The molecule has 164 valence electrons. The number of thiophene rings is 1.